The second-order valence-corrected chi connectivity index (χ2v) is 6.84. The Morgan fingerprint density at radius 2 is 1.93 bits per heavy atom. The van der Waals surface area contributed by atoms with E-state index < -0.39 is 23.6 Å². The lowest BCUT2D eigenvalue weighted by Crippen LogP contribution is -2.54. The second-order valence-electron chi connectivity index (χ2n) is 6.84. The van der Waals surface area contributed by atoms with Crippen LogP contribution >= 0.6 is 0 Å². The van der Waals surface area contributed by atoms with Gasteiger partial charge in [-0.05, 0) is 25.0 Å². The molecule has 2 rings (SSSR count). The van der Waals surface area contributed by atoms with Crippen molar-refractivity contribution in [2.24, 2.45) is 0 Å². The molecular formula is C21H28N2O6. The van der Waals surface area contributed by atoms with Crippen LogP contribution in [0.15, 0.2) is 35.9 Å². The van der Waals surface area contributed by atoms with E-state index in [1.165, 1.54) is 14.2 Å². The van der Waals surface area contributed by atoms with Gasteiger partial charge in [-0.1, -0.05) is 50.1 Å². The molecule has 0 aliphatic carbocycles. The number of nitrogens with zero attached hydrogens (tertiary/aromatic N) is 1. The molecule has 8 heteroatoms. The summed E-state index contributed by atoms with van der Waals surface area (Å²) in [7, 11) is 2.57. The zero-order chi connectivity index (χ0) is 21.4. The Morgan fingerprint density at radius 1 is 1.24 bits per heavy atom. The normalized spacial score (nSPS) is 20.6. The third kappa shape index (κ3) is 5.42. The third-order valence-electron chi connectivity index (χ3n) is 4.64. The Labute approximate surface area is 170 Å². The minimum atomic E-state index is -1.64. The van der Waals surface area contributed by atoms with Crippen molar-refractivity contribution >= 4 is 23.9 Å². The number of carbonyl (C=O) groups excluding carboxylic acids is 3. The fourth-order valence-corrected chi connectivity index (χ4v) is 3.09. The second kappa shape index (κ2) is 10.2. The highest BCUT2D eigenvalue weighted by Crippen LogP contribution is 2.29. The van der Waals surface area contributed by atoms with E-state index in [-0.39, 0.29) is 18.1 Å². The maximum atomic E-state index is 12.9. The van der Waals surface area contributed by atoms with Gasteiger partial charge in [0.25, 0.3) is 5.85 Å². The number of ether oxygens (including phenoxy) is 2. The zero-order valence-corrected chi connectivity index (χ0v) is 17.3. The minimum Gasteiger partial charge on any atom is -0.459 e. The molecule has 1 heterocycles. The molecule has 1 aliphatic rings. The molecule has 1 fully saturated rings. The largest absolute Gasteiger partial charge is 0.459 e. The lowest BCUT2D eigenvalue weighted by atomic mass is 10.0. The number of methoxy groups -OCH3 is 1. The van der Waals surface area contributed by atoms with Gasteiger partial charge in [-0.15, -0.1) is 0 Å². The first kappa shape index (κ1) is 22.6. The van der Waals surface area contributed by atoms with Gasteiger partial charge in [0.05, 0.1) is 19.6 Å². The summed E-state index contributed by atoms with van der Waals surface area (Å²) in [5.74, 6) is -3.97. The number of unbranched alkanes of at least 4 members (excludes halogenated alkanes) is 1. The van der Waals surface area contributed by atoms with Gasteiger partial charge in [-0.3, -0.25) is 14.4 Å². The van der Waals surface area contributed by atoms with Crippen LogP contribution in [0.5, 0.6) is 0 Å². The molecule has 0 spiro atoms. The van der Waals surface area contributed by atoms with Crippen molar-refractivity contribution < 1.29 is 28.7 Å². The van der Waals surface area contributed by atoms with E-state index in [2.05, 4.69) is 12.2 Å². The highest BCUT2D eigenvalue weighted by atomic mass is 16.7. The molecule has 1 N–H and O–H groups in total. The summed E-state index contributed by atoms with van der Waals surface area (Å²) in [6, 6.07) is 9.21. The number of hydrogen-bond acceptors (Lipinski definition) is 6. The average Bonchev–Trinajstić information content (AvgIpc) is 2.96. The Bertz CT molecular complexity index is 764. The predicted molar refractivity (Wildman–Crippen MR) is 106 cm³/mol. The van der Waals surface area contributed by atoms with Crippen LogP contribution in [-0.2, 0) is 28.7 Å². The molecule has 8 nitrogen and oxygen atoms in total. The van der Waals surface area contributed by atoms with E-state index in [1.54, 1.807) is 6.08 Å². The van der Waals surface area contributed by atoms with Gasteiger partial charge in [-0.2, -0.15) is 5.06 Å². The van der Waals surface area contributed by atoms with Gasteiger partial charge >= 0.3 is 17.8 Å². The molecular weight excluding hydrogens is 376 g/mol. The fraction of sp³-hybridized carbons (Fsp3) is 0.476. The smallest absolute Gasteiger partial charge is 0.339 e. The van der Waals surface area contributed by atoms with E-state index >= 15 is 0 Å². The highest BCUT2D eigenvalue weighted by Gasteiger charge is 2.53. The quantitative estimate of drug-likeness (QED) is 0.366. The van der Waals surface area contributed by atoms with Gasteiger partial charge in [0.2, 0.25) is 0 Å². The van der Waals surface area contributed by atoms with Crippen LogP contribution < -0.4 is 5.32 Å². The molecule has 2 amide bonds. The number of carbonyl (C=O) groups is 3. The standard InChI is InChI=1S/C21H28N2O6/c1-5-6-10-15(2)29-20(26)17(13-16-11-8-7-9-12-16)14-21(27-3)22-18(24)19(25)23(21)28-4/h7-9,11-13,15H,5-6,10,14H2,1-4H3,(H,22,24). The van der Waals surface area contributed by atoms with E-state index in [0.717, 1.165) is 29.9 Å². The van der Waals surface area contributed by atoms with Crippen molar-refractivity contribution in [2.45, 2.75) is 51.5 Å². The van der Waals surface area contributed by atoms with E-state index in [0.29, 0.717) is 0 Å². The summed E-state index contributed by atoms with van der Waals surface area (Å²) in [4.78, 5) is 42.0. The number of hydroxylamine groups is 2. The number of nitrogens with one attached hydrogen (secondary N) is 1. The van der Waals surface area contributed by atoms with Gasteiger partial charge in [0.1, 0.15) is 0 Å². The highest BCUT2D eigenvalue weighted by molar-refractivity contribution is 6.36. The third-order valence-corrected chi connectivity index (χ3v) is 4.64. The molecule has 1 aliphatic heterocycles. The molecule has 0 bridgehead atoms. The van der Waals surface area contributed by atoms with E-state index in [9.17, 15) is 14.4 Å². The zero-order valence-electron chi connectivity index (χ0n) is 17.3. The molecule has 1 saturated heterocycles. The van der Waals surface area contributed by atoms with Crippen LogP contribution in [0.1, 0.15) is 45.1 Å². The molecule has 0 saturated carbocycles. The monoisotopic (exact) mass is 404 g/mol. The molecule has 29 heavy (non-hydrogen) atoms. The van der Waals surface area contributed by atoms with Crippen molar-refractivity contribution in [3.8, 4) is 0 Å². The van der Waals surface area contributed by atoms with Crippen LogP contribution in [0.25, 0.3) is 6.08 Å². The summed E-state index contributed by atoms with van der Waals surface area (Å²) in [6.45, 7) is 3.90. The Hall–Kier alpha value is -2.71. The number of esters is 1. The van der Waals surface area contributed by atoms with Crippen molar-refractivity contribution in [1.29, 1.82) is 0 Å². The fourth-order valence-electron chi connectivity index (χ4n) is 3.09. The lowest BCUT2D eigenvalue weighted by molar-refractivity contribution is -0.266. The first-order valence-electron chi connectivity index (χ1n) is 9.59. The van der Waals surface area contributed by atoms with Gasteiger partial charge in [0, 0.05) is 12.7 Å². The van der Waals surface area contributed by atoms with Crippen LogP contribution in [0.2, 0.25) is 0 Å². The van der Waals surface area contributed by atoms with Crippen molar-refractivity contribution in [3.63, 3.8) is 0 Å². The Morgan fingerprint density at radius 3 is 2.52 bits per heavy atom. The maximum Gasteiger partial charge on any atom is 0.339 e. The summed E-state index contributed by atoms with van der Waals surface area (Å²) in [5, 5.41) is 3.26. The van der Waals surface area contributed by atoms with E-state index in [1.807, 2.05) is 37.3 Å². The topological polar surface area (TPSA) is 94.2 Å². The van der Waals surface area contributed by atoms with Gasteiger partial charge in [-0.25, -0.2) is 4.79 Å². The summed E-state index contributed by atoms with van der Waals surface area (Å²) in [5.41, 5.74) is 1.00. The Balaban J connectivity index is 2.34. The van der Waals surface area contributed by atoms with Crippen molar-refractivity contribution in [2.75, 3.05) is 14.2 Å². The summed E-state index contributed by atoms with van der Waals surface area (Å²) in [6.07, 6.45) is 3.92. The average molecular weight is 404 g/mol. The van der Waals surface area contributed by atoms with Gasteiger partial charge in [0.15, 0.2) is 0 Å². The predicted octanol–water partition coefficient (Wildman–Crippen LogP) is 2.40. The lowest BCUT2D eigenvalue weighted by Gasteiger charge is -2.34. The Kier molecular flexibility index (Phi) is 7.92. The summed E-state index contributed by atoms with van der Waals surface area (Å²) >= 11 is 0. The minimum absolute atomic E-state index is 0.150. The molecule has 1 aromatic carbocycles. The van der Waals surface area contributed by atoms with Crippen LogP contribution in [0.4, 0.5) is 0 Å². The first-order chi connectivity index (χ1) is 13.9. The van der Waals surface area contributed by atoms with Crippen LogP contribution in [0, 0.1) is 0 Å². The number of amides is 2. The molecule has 0 aromatic heterocycles. The SMILES string of the molecule is CCCCC(C)OC(=O)C(=Cc1ccccc1)CC1(OC)NC(=O)C(=O)N1OC. The maximum absolute atomic E-state index is 12.9. The molecule has 2 atom stereocenters. The van der Waals surface area contributed by atoms with Crippen LogP contribution in [-0.4, -0.2) is 49.0 Å². The van der Waals surface area contributed by atoms with Gasteiger partial charge < -0.3 is 14.8 Å². The number of hydrogen-bond donors (Lipinski definition) is 1. The van der Waals surface area contributed by atoms with Crippen molar-refractivity contribution in [3.05, 3.63) is 41.5 Å². The first-order valence-corrected chi connectivity index (χ1v) is 9.59. The molecule has 2 unspecified atom stereocenters. The number of benzene rings is 1. The molecule has 158 valence electrons. The summed E-state index contributed by atoms with van der Waals surface area (Å²) < 4.78 is 11.0. The molecule has 1 aromatic rings. The number of rotatable bonds is 10. The molecule has 0 radical (unpaired) electrons. The van der Waals surface area contributed by atoms with E-state index in [4.69, 9.17) is 14.3 Å². The van der Waals surface area contributed by atoms with Crippen LogP contribution in [0.3, 0.4) is 0 Å². The van der Waals surface area contributed by atoms with Crippen molar-refractivity contribution in [1.82, 2.24) is 10.4 Å².